The summed E-state index contributed by atoms with van der Waals surface area (Å²) in [6.45, 7) is 0.789. The minimum absolute atomic E-state index is 0.00806. The fraction of sp³-hybridized carbons (Fsp3) is 0.367. The van der Waals surface area contributed by atoms with Crippen molar-refractivity contribution in [2.75, 3.05) is 32.6 Å². The highest BCUT2D eigenvalue weighted by Gasteiger charge is 2.49. The van der Waals surface area contributed by atoms with Crippen molar-refractivity contribution in [1.82, 2.24) is 15.1 Å². The molecule has 1 saturated heterocycles. The van der Waals surface area contributed by atoms with Gasteiger partial charge in [0.25, 0.3) is 0 Å². The van der Waals surface area contributed by atoms with Gasteiger partial charge in [-0.1, -0.05) is 43.2 Å². The zero-order chi connectivity index (χ0) is 28.1. The lowest BCUT2D eigenvalue weighted by atomic mass is 9.92. The first-order chi connectivity index (χ1) is 19.4. The van der Waals surface area contributed by atoms with Crippen LogP contribution in [0.3, 0.4) is 0 Å². The van der Waals surface area contributed by atoms with Gasteiger partial charge < -0.3 is 34.3 Å². The molecule has 2 heterocycles. The molecule has 1 atom stereocenters. The lowest BCUT2D eigenvalue weighted by Crippen LogP contribution is -2.59. The average Bonchev–Trinajstić information content (AvgIpc) is 3.75. The van der Waals surface area contributed by atoms with E-state index in [2.05, 4.69) is 10.6 Å². The highest BCUT2D eigenvalue weighted by atomic mass is 32.1. The zero-order valence-corrected chi connectivity index (χ0v) is 23.5. The normalized spacial score (nSPS) is 17.8. The highest BCUT2D eigenvalue weighted by molar-refractivity contribution is 7.80. The van der Waals surface area contributed by atoms with Crippen molar-refractivity contribution in [2.45, 2.75) is 43.8 Å². The van der Waals surface area contributed by atoms with Crippen molar-refractivity contribution < 1.29 is 23.5 Å². The van der Waals surface area contributed by atoms with E-state index >= 15 is 0 Å². The molecule has 2 amide bonds. The van der Waals surface area contributed by atoms with Gasteiger partial charge in [-0.3, -0.25) is 9.59 Å². The van der Waals surface area contributed by atoms with Crippen LogP contribution in [0, 0.1) is 0 Å². The van der Waals surface area contributed by atoms with E-state index in [9.17, 15) is 9.59 Å². The molecule has 1 unspecified atom stereocenters. The Labute approximate surface area is 239 Å². The van der Waals surface area contributed by atoms with Gasteiger partial charge in [0.15, 0.2) is 5.11 Å². The molecule has 0 bridgehead atoms. The van der Waals surface area contributed by atoms with Crippen molar-refractivity contribution in [3.8, 4) is 11.5 Å². The molecule has 2 fully saturated rings. The molecule has 1 aliphatic carbocycles. The van der Waals surface area contributed by atoms with Crippen LogP contribution in [-0.2, 0) is 16.1 Å². The van der Waals surface area contributed by atoms with Gasteiger partial charge in [-0.15, -0.1) is 0 Å². The highest BCUT2D eigenvalue weighted by Crippen LogP contribution is 2.39. The summed E-state index contributed by atoms with van der Waals surface area (Å²) in [6, 6.07) is 18.8. The molecule has 1 aliphatic heterocycles. The molecular formula is C30H34N4O5S. The van der Waals surface area contributed by atoms with Crippen LogP contribution in [0.2, 0.25) is 0 Å². The van der Waals surface area contributed by atoms with Crippen molar-refractivity contribution >= 4 is 34.8 Å². The summed E-state index contributed by atoms with van der Waals surface area (Å²) in [4.78, 5) is 31.8. The first kappa shape index (κ1) is 27.5. The van der Waals surface area contributed by atoms with E-state index < -0.39 is 5.54 Å². The number of thiocarbonyl (C=S) groups is 1. The first-order valence-corrected chi connectivity index (χ1v) is 13.8. The fourth-order valence-corrected chi connectivity index (χ4v) is 5.89. The van der Waals surface area contributed by atoms with Crippen molar-refractivity contribution in [3.05, 3.63) is 78.3 Å². The minimum Gasteiger partial charge on any atom is -0.497 e. The Morgan fingerprint density at radius 3 is 2.55 bits per heavy atom. The Bertz CT molecular complexity index is 1340. The molecule has 40 heavy (non-hydrogen) atoms. The number of methoxy groups -OCH3 is 2. The zero-order valence-electron chi connectivity index (χ0n) is 22.7. The number of hydrogen-bond acceptors (Lipinski definition) is 6. The predicted molar refractivity (Wildman–Crippen MR) is 155 cm³/mol. The molecule has 9 nitrogen and oxygen atoms in total. The molecule has 0 spiro atoms. The maximum atomic E-state index is 14.1. The Kier molecular flexibility index (Phi) is 8.25. The third-order valence-corrected chi connectivity index (χ3v) is 8.11. The van der Waals surface area contributed by atoms with Crippen LogP contribution in [0.15, 0.2) is 71.3 Å². The number of nitrogens with one attached hydrogen (secondary N) is 2. The van der Waals surface area contributed by atoms with Crippen LogP contribution in [0.5, 0.6) is 11.5 Å². The maximum Gasteiger partial charge on any atom is 0.250 e. The monoisotopic (exact) mass is 562 g/mol. The van der Waals surface area contributed by atoms with Crippen LogP contribution >= 0.6 is 12.2 Å². The van der Waals surface area contributed by atoms with Gasteiger partial charge in [-0.2, -0.15) is 0 Å². The van der Waals surface area contributed by atoms with Crippen molar-refractivity contribution in [2.24, 2.45) is 0 Å². The molecule has 1 saturated carbocycles. The van der Waals surface area contributed by atoms with Crippen LogP contribution in [0.1, 0.15) is 43.0 Å². The fourth-order valence-electron chi connectivity index (χ4n) is 5.60. The summed E-state index contributed by atoms with van der Waals surface area (Å²) >= 11 is 5.61. The molecule has 2 aliphatic rings. The maximum absolute atomic E-state index is 14.1. The smallest absolute Gasteiger partial charge is 0.250 e. The average molecular weight is 563 g/mol. The van der Waals surface area contributed by atoms with E-state index in [1.165, 1.54) is 7.11 Å². The summed E-state index contributed by atoms with van der Waals surface area (Å²) in [5, 5.41) is 6.90. The van der Waals surface area contributed by atoms with Crippen LogP contribution < -0.4 is 20.1 Å². The first-order valence-electron chi connectivity index (χ1n) is 13.4. The van der Waals surface area contributed by atoms with Gasteiger partial charge in [0, 0.05) is 12.6 Å². The van der Waals surface area contributed by atoms with Crippen molar-refractivity contribution in [3.63, 3.8) is 0 Å². The lowest BCUT2D eigenvalue weighted by molar-refractivity contribution is -0.146. The number of carbonyl (C=O) groups is 2. The number of anilines is 1. The van der Waals surface area contributed by atoms with Gasteiger partial charge >= 0.3 is 0 Å². The summed E-state index contributed by atoms with van der Waals surface area (Å²) in [6.07, 6.45) is 4.31. The molecule has 2 aromatic carbocycles. The number of hydrogen-bond donors (Lipinski definition) is 2. The second kappa shape index (κ2) is 12.0. The second-order valence-electron chi connectivity index (χ2n) is 10.1. The van der Waals surface area contributed by atoms with E-state index in [1.807, 2.05) is 41.3 Å². The Morgan fingerprint density at radius 2 is 1.88 bits per heavy atom. The van der Waals surface area contributed by atoms with Crippen LogP contribution in [0.25, 0.3) is 0 Å². The predicted octanol–water partition coefficient (Wildman–Crippen LogP) is 4.51. The number of ether oxygens (including phenoxy) is 2. The van der Waals surface area contributed by atoms with Crippen LogP contribution in [-0.4, -0.2) is 59.6 Å². The number of rotatable bonds is 10. The van der Waals surface area contributed by atoms with Gasteiger partial charge in [0.05, 0.1) is 45.3 Å². The largest absolute Gasteiger partial charge is 0.497 e. The Morgan fingerprint density at radius 1 is 1.10 bits per heavy atom. The van der Waals surface area contributed by atoms with E-state index in [1.54, 1.807) is 42.5 Å². The van der Waals surface area contributed by atoms with Crippen LogP contribution in [0.4, 0.5) is 5.69 Å². The Hall–Kier alpha value is -4.05. The molecule has 5 rings (SSSR count). The minimum atomic E-state index is -1.05. The number of furan rings is 1. The summed E-state index contributed by atoms with van der Waals surface area (Å²) < 4.78 is 16.4. The van der Waals surface area contributed by atoms with Gasteiger partial charge in [-0.25, -0.2) is 0 Å². The van der Waals surface area contributed by atoms with E-state index in [-0.39, 0.29) is 30.9 Å². The summed E-state index contributed by atoms with van der Waals surface area (Å²) in [5.41, 5.74) is 0.565. The van der Waals surface area contributed by atoms with Gasteiger partial charge in [-0.05, 0) is 54.9 Å². The van der Waals surface area contributed by atoms with E-state index in [0.29, 0.717) is 47.4 Å². The van der Waals surface area contributed by atoms with Crippen molar-refractivity contribution in [1.29, 1.82) is 0 Å². The molecule has 10 heteroatoms. The Balaban J connectivity index is 1.41. The van der Waals surface area contributed by atoms with Gasteiger partial charge in [0.2, 0.25) is 11.8 Å². The van der Waals surface area contributed by atoms with E-state index in [0.717, 1.165) is 18.4 Å². The quantitative estimate of drug-likeness (QED) is 0.349. The number of nitrogens with zero attached hydrogens (tertiary/aromatic N) is 2. The third-order valence-electron chi connectivity index (χ3n) is 7.74. The molecule has 0 radical (unpaired) electrons. The lowest BCUT2D eigenvalue weighted by Gasteiger charge is -2.40. The standard InChI is InChI=1S/C30H34N4O5S/c1-37-22-12-13-24(26(17-22)38-2)31-28(36)30(14-6-7-15-30)34(18-23-11-8-16-39-23)27(35)20-33-19-25(32-29(33)40)21-9-4-3-5-10-21/h3-5,8-13,16-17,25H,6-7,14-15,18-20H2,1-2H3,(H,31,36)(H,32,40). The SMILES string of the molecule is COc1ccc(NC(=O)C2(N(Cc3ccco3)C(=O)CN3CC(c4ccccc4)NC3=S)CCCC2)c(OC)c1. The summed E-state index contributed by atoms with van der Waals surface area (Å²) in [7, 11) is 3.11. The van der Waals surface area contributed by atoms with E-state index in [4.69, 9.17) is 26.1 Å². The molecular weight excluding hydrogens is 528 g/mol. The molecule has 1 aromatic heterocycles. The molecule has 2 N–H and O–H groups in total. The molecule has 210 valence electrons. The number of benzene rings is 2. The summed E-state index contributed by atoms with van der Waals surface area (Å²) in [5.74, 6) is 1.26. The molecule has 3 aromatic rings. The number of carbonyl (C=O) groups excluding carboxylic acids is 2. The third kappa shape index (κ3) is 5.62. The second-order valence-corrected chi connectivity index (χ2v) is 10.5. The topological polar surface area (TPSA) is 96.3 Å². The van der Waals surface area contributed by atoms with Gasteiger partial charge in [0.1, 0.15) is 22.8 Å². The number of amides is 2.